The number of likely N-dealkylation sites (N-methyl/N-ethyl adjacent to an activating group) is 1. The van der Waals surface area contributed by atoms with Gasteiger partial charge < -0.3 is 25.0 Å². The maximum atomic E-state index is 5.77. The van der Waals surface area contributed by atoms with E-state index >= 15 is 0 Å². The lowest BCUT2D eigenvalue weighted by molar-refractivity contribution is 0.318. The van der Waals surface area contributed by atoms with Gasteiger partial charge in [-0.05, 0) is 68.7 Å². The molecule has 31 heavy (non-hydrogen) atoms. The Hall–Kier alpha value is -2.35. The summed E-state index contributed by atoms with van der Waals surface area (Å²) in [5.74, 6) is 2.40. The fourth-order valence-corrected chi connectivity index (χ4v) is 5.68. The number of nitrogens with zero attached hydrogens (tertiary/aromatic N) is 2. The maximum Gasteiger partial charge on any atom is 0.176 e. The highest BCUT2D eigenvalue weighted by molar-refractivity contribution is 7.21. The molecule has 0 bridgehead atoms. The lowest BCUT2D eigenvalue weighted by Gasteiger charge is -2.23. The fourth-order valence-electron chi connectivity index (χ4n) is 4.73. The lowest BCUT2D eigenvalue weighted by Crippen LogP contribution is -2.35. The molecule has 2 fully saturated rings. The summed E-state index contributed by atoms with van der Waals surface area (Å²) < 4.78 is 12.5. The molecule has 4 heterocycles. The standard InChI is InChI=1S/C24H30N4O2S/c1-25-9-10-30-19-5-3-16(4-6-19)20-11-22(24-21(27-20)12-23(29-2)31-24)28-14-17-7-8-26-13-18(17)15-28/h3-6,11-12,17-18,25-26H,7-10,13-15H2,1-2H3/t17-,18+/m0/s1. The van der Waals surface area contributed by atoms with Gasteiger partial charge in [-0.2, -0.15) is 0 Å². The van der Waals surface area contributed by atoms with Crippen molar-refractivity contribution in [1.29, 1.82) is 0 Å². The third kappa shape index (κ3) is 4.22. The van der Waals surface area contributed by atoms with Crippen molar-refractivity contribution in [2.24, 2.45) is 11.8 Å². The van der Waals surface area contributed by atoms with Crippen molar-refractivity contribution >= 4 is 27.2 Å². The first-order chi connectivity index (χ1) is 15.2. The molecule has 164 valence electrons. The number of ether oxygens (including phenoxy) is 2. The largest absolute Gasteiger partial charge is 0.492 e. The lowest BCUT2D eigenvalue weighted by atomic mass is 9.90. The van der Waals surface area contributed by atoms with Gasteiger partial charge in [0.1, 0.15) is 12.4 Å². The molecule has 0 saturated carbocycles. The number of nitrogens with one attached hydrogen (secondary N) is 2. The molecule has 2 aliphatic heterocycles. The molecular weight excluding hydrogens is 408 g/mol. The third-order valence-electron chi connectivity index (χ3n) is 6.42. The zero-order chi connectivity index (χ0) is 21.2. The predicted molar refractivity (Wildman–Crippen MR) is 128 cm³/mol. The van der Waals surface area contributed by atoms with Gasteiger partial charge in [0.25, 0.3) is 0 Å². The van der Waals surface area contributed by atoms with Crippen molar-refractivity contribution in [1.82, 2.24) is 15.6 Å². The normalized spacial score (nSPS) is 20.8. The molecule has 0 unspecified atom stereocenters. The van der Waals surface area contributed by atoms with E-state index in [0.29, 0.717) is 6.61 Å². The quantitative estimate of drug-likeness (QED) is 0.550. The number of piperidine rings is 1. The Bertz CT molecular complexity index is 1020. The van der Waals surface area contributed by atoms with Gasteiger partial charge in [0.2, 0.25) is 0 Å². The third-order valence-corrected chi connectivity index (χ3v) is 7.53. The minimum Gasteiger partial charge on any atom is -0.492 e. The summed E-state index contributed by atoms with van der Waals surface area (Å²) in [4.78, 5) is 7.55. The van der Waals surface area contributed by atoms with Crippen LogP contribution in [0.2, 0.25) is 0 Å². The van der Waals surface area contributed by atoms with E-state index in [0.717, 1.165) is 72.1 Å². The van der Waals surface area contributed by atoms with Crippen molar-refractivity contribution < 1.29 is 9.47 Å². The van der Waals surface area contributed by atoms with E-state index in [4.69, 9.17) is 14.5 Å². The van der Waals surface area contributed by atoms with E-state index in [1.165, 1.54) is 16.8 Å². The first-order valence-electron chi connectivity index (χ1n) is 11.1. The molecule has 7 heteroatoms. The van der Waals surface area contributed by atoms with Crippen LogP contribution in [-0.4, -0.2) is 58.5 Å². The summed E-state index contributed by atoms with van der Waals surface area (Å²) in [6.07, 6.45) is 1.27. The monoisotopic (exact) mass is 438 g/mol. The van der Waals surface area contributed by atoms with Gasteiger partial charge in [-0.15, -0.1) is 0 Å². The van der Waals surface area contributed by atoms with Gasteiger partial charge in [-0.25, -0.2) is 4.98 Å². The second kappa shape index (κ2) is 9.02. The van der Waals surface area contributed by atoms with Gasteiger partial charge in [-0.1, -0.05) is 11.3 Å². The molecule has 0 amide bonds. The van der Waals surface area contributed by atoms with Crippen molar-refractivity contribution in [2.45, 2.75) is 6.42 Å². The Balaban J connectivity index is 1.48. The van der Waals surface area contributed by atoms with Crippen LogP contribution in [0.25, 0.3) is 21.5 Å². The summed E-state index contributed by atoms with van der Waals surface area (Å²) in [7, 11) is 3.66. The Morgan fingerprint density at radius 2 is 2.03 bits per heavy atom. The van der Waals surface area contributed by atoms with Crippen molar-refractivity contribution in [2.75, 3.05) is 58.4 Å². The molecule has 2 aliphatic rings. The van der Waals surface area contributed by atoms with Crippen LogP contribution in [0.3, 0.4) is 0 Å². The molecule has 1 aromatic carbocycles. The van der Waals surface area contributed by atoms with Crippen molar-refractivity contribution in [3.63, 3.8) is 0 Å². The van der Waals surface area contributed by atoms with E-state index in [1.807, 2.05) is 19.2 Å². The van der Waals surface area contributed by atoms with Crippen molar-refractivity contribution in [3.05, 3.63) is 36.4 Å². The van der Waals surface area contributed by atoms with Crippen LogP contribution < -0.4 is 25.0 Å². The topological polar surface area (TPSA) is 58.7 Å². The van der Waals surface area contributed by atoms with Crippen molar-refractivity contribution in [3.8, 4) is 22.1 Å². The number of hydrogen-bond donors (Lipinski definition) is 2. The zero-order valence-electron chi connectivity index (χ0n) is 18.2. The zero-order valence-corrected chi connectivity index (χ0v) is 19.0. The summed E-state index contributed by atoms with van der Waals surface area (Å²) >= 11 is 1.69. The number of methoxy groups -OCH3 is 1. The smallest absolute Gasteiger partial charge is 0.176 e. The Morgan fingerprint density at radius 1 is 1.19 bits per heavy atom. The molecule has 2 N–H and O–H groups in total. The number of fused-ring (bicyclic) bond motifs is 2. The van der Waals surface area contributed by atoms with E-state index < -0.39 is 0 Å². The minimum atomic E-state index is 0.658. The second-order valence-corrected chi connectivity index (χ2v) is 9.42. The number of hydrogen-bond acceptors (Lipinski definition) is 7. The predicted octanol–water partition coefficient (Wildman–Crippen LogP) is 3.62. The van der Waals surface area contributed by atoms with Crippen LogP contribution in [0, 0.1) is 11.8 Å². The van der Waals surface area contributed by atoms with Crippen LogP contribution in [0.4, 0.5) is 5.69 Å². The highest BCUT2D eigenvalue weighted by Gasteiger charge is 2.35. The molecule has 3 aromatic rings. The molecule has 2 saturated heterocycles. The van der Waals surface area contributed by atoms with E-state index in [1.54, 1.807) is 18.4 Å². The first-order valence-corrected chi connectivity index (χ1v) is 11.9. The Morgan fingerprint density at radius 3 is 2.81 bits per heavy atom. The van der Waals surface area contributed by atoms with Crippen LogP contribution in [-0.2, 0) is 0 Å². The molecule has 5 rings (SSSR count). The van der Waals surface area contributed by atoms with Gasteiger partial charge >= 0.3 is 0 Å². The highest BCUT2D eigenvalue weighted by Crippen LogP contribution is 2.42. The average Bonchev–Trinajstić information content (AvgIpc) is 3.43. The maximum absolute atomic E-state index is 5.77. The van der Waals surface area contributed by atoms with Gasteiger partial charge in [-0.3, -0.25) is 0 Å². The summed E-state index contributed by atoms with van der Waals surface area (Å²) in [5, 5.41) is 7.57. The van der Waals surface area contributed by atoms with Crippen LogP contribution >= 0.6 is 11.3 Å². The first kappa shape index (κ1) is 20.5. The summed E-state index contributed by atoms with van der Waals surface area (Å²) in [6, 6.07) is 12.6. The number of benzene rings is 1. The average molecular weight is 439 g/mol. The molecule has 0 radical (unpaired) electrons. The molecule has 0 aliphatic carbocycles. The van der Waals surface area contributed by atoms with Crippen LogP contribution in [0.5, 0.6) is 10.8 Å². The Kier molecular flexibility index (Phi) is 5.98. The van der Waals surface area contributed by atoms with E-state index in [-0.39, 0.29) is 0 Å². The van der Waals surface area contributed by atoms with Gasteiger partial charge in [0.15, 0.2) is 5.06 Å². The molecular formula is C24H30N4O2S. The number of pyridine rings is 1. The number of aromatic nitrogens is 1. The highest BCUT2D eigenvalue weighted by atomic mass is 32.1. The number of anilines is 1. The van der Waals surface area contributed by atoms with E-state index in [9.17, 15) is 0 Å². The number of thiophene rings is 1. The van der Waals surface area contributed by atoms with Gasteiger partial charge in [0.05, 0.1) is 28.7 Å². The fraction of sp³-hybridized carbons (Fsp3) is 0.458. The summed E-state index contributed by atoms with van der Waals surface area (Å²) in [6.45, 7) is 5.99. The molecule has 2 aromatic heterocycles. The Labute approximate surface area is 187 Å². The summed E-state index contributed by atoms with van der Waals surface area (Å²) in [5.41, 5.74) is 4.40. The van der Waals surface area contributed by atoms with E-state index in [2.05, 4.69) is 39.8 Å². The molecule has 6 nitrogen and oxygen atoms in total. The second-order valence-electron chi connectivity index (χ2n) is 8.40. The number of rotatable bonds is 7. The SMILES string of the molecule is CNCCOc1ccc(-c2cc(N3C[C@H]4CNCC[C@H]4C3)c3sc(OC)cc3n2)cc1. The molecule has 2 atom stereocenters. The minimum absolute atomic E-state index is 0.658. The van der Waals surface area contributed by atoms with Crippen LogP contribution in [0.1, 0.15) is 6.42 Å². The van der Waals surface area contributed by atoms with Gasteiger partial charge in [0, 0.05) is 31.3 Å². The van der Waals surface area contributed by atoms with Crippen LogP contribution in [0.15, 0.2) is 36.4 Å². The molecule has 0 spiro atoms.